The minimum Gasteiger partial charge on any atom is -0.468 e. The lowest BCUT2D eigenvalue weighted by atomic mass is 9.95. The maximum atomic E-state index is 13.3. The zero-order valence-electron chi connectivity index (χ0n) is 18.0. The summed E-state index contributed by atoms with van der Waals surface area (Å²) in [6.07, 6.45) is 0.470. The van der Waals surface area contributed by atoms with Crippen LogP contribution in [0.4, 0.5) is 25.2 Å². The van der Waals surface area contributed by atoms with Gasteiger partial charge in [-0.25, -0.2) is 4.68 Å². The van der Waals surface area contributed by atoms with E-state index >= 15 is 0 Å². The Hall–Kier alpha value is -2.76. The van der Waals surface area contributed by atoms with Crippen LogP contribution in [-0.2, 0) is 24.5 Å². The van der Waals surface area contributed by atoms with Crippen LogP contribution < -0.4 is 5.32 Å². The van der Waals surface area contributed by atoms with Gasteiger partial charge in [-0.15, -0.1) is 0 Å². The lowest BCUT2D eigenvalue weighted by molar-refractivity contribution is -0.143. The summed E-state index contributed by atoms with van der Waals surface area (Å²) >= 11 is 11.9. The Morgan fingerprint density at radius 3 is 2.23 bits per heavy atom. The molecule has 35 heavy (non-hydrogen) atoms. The SMILES string of the molecule is CCOC(=O)CNc1c(C2(C(=O)OC)CC2)c(C#N)nn1-c1c(Cl)cc(S(F)(F)(F)(F)F)cc1Cl. The number of halogens is 7. The van der Waals surface area contributed by atoms with Crippen LogP contribution in [0.5, 0.6) is 0 Å². The number of nitriles is 1. The van der Waals surface area contributed by atoms with Gasteiger partial charge in [0, 0.05) is 0 Å². The monoisotopic (exact) mass is 562 g/mol. The summed E-state index contributed by atoms with van der Waals surface area (Å²) in [5, 5.41) is 14.6. The van der Waals surface area contributed by atoms with Crippen LogP contribution in [0.1, 0.15) is 31.0 Å². The Morgan fingerprint density at radius 1 is 1.23 bits per heavy atom. The molecule has 0 atom stereocenters. The van der Waals surface area contributed by atoms with E-state index in [1.165, 1.54) is 0 Å². The van der Waals surface area contributed by atoms with Gasteiger partial charge in [0.05, 0.1) is 34.7 Å². The van der Waals surface area contributed by atoms with Crippen molar-refractivity contribution >= 4 is 51.2 Å². The molecule has 1 aromatic carbocycles. The number of nitrogens with one attached hydrogen (secondary N) is 1. The van der Waals surface area contributed by atoms with Gasteiger partial charge in [0.15, 0.2) is 5.69 Å². The quantitative estimate of drug-likeness (QED) is 0.316. The Kier molecular flexibility index (Phi) is 6.24. The lowest BCUT2D eigenvalue weighted by Gasteiger charge is -2.40. The van der Waals surface area contributed by atoms with E-state index in [4.69, 9.17) is 32.7 Å². The van der Waals surface area contributed by atoms with Crippen LogP contribution in [-0.4, -0.2) is 42.0 Å². The van der Waals surface area contributed by atoms with Gasteiger partial charge in [-0.1, -0.05) is 42.6 Å². The van der Waals surface area contributed by atoms with Crippen molar-refractivity contribution in [2.24, 2.45) is 0 Å². The number of nitrogens with zero attached hydrogens (tertiary/aromatic N) is 3. The van der Waals surface area contributed by atoms with E-state index < -0.39 is 54.8 Å². The topological polar surface area (TPSA) is 106 Å². The van der Waals surface area contributed by atoms with Crippen molar-refractivity contribution in [3.63, 3.8) is 0 Å². The minimum atomic E-state index is -10.1. The third-order valence-electron chi connectivity index (χ3n) is 5.15. The standard InChI is InChI=1S/C19H17Cl2F5N4O4S/c1-3-34-14(31)9-28-17-15(19(4-5-19)18(32)33-2)13(8-27)29-30(17)16-11(20)6-10(7-12(16)21)35(22,23,24,25)26/h6-7,28H,3-5,9H2,1-2H3. The van der Waals surface area contributed by atoms with Gasteiger partial charge in [-0.2, -0.15) is 10.4 Å². The van der Waals surface area contributed by atoms with Crippen molar-refractivity contribution in [1.82, 2.24) is 9.78 Å². The van der Waals surface area contributed by atoms with Gasteiger partial charge in [0.25, 0.3) is 0 Å². The maximum Gasteiger partial charge on any atom is 0.325 e. The smallest absolute Gasteiger partial charge is 0.325 e. The first-order valence-corrected chi connectivity index (χ1v) is 12.4. The van der Waals surface area contributed by atoms with Crippen molar-refractivity contribution < 1.29 is 38.5 Å². The van der Waals surface area contributed by atoms with E-state index in [-0.39, 0.29) is 48.7 Å². The first-order valence-electron chi connectivity index (χ1n) is 9.74. The highest BCUT2D eigenvalue weighted by atomic mass is 35.5. The fourth-order valence-electron chi connectivity index (χ4n) is 3.49. The molecule has 0 bridgehead atoms. The number of hydrogen-bond donors (Lipinski definition) is 1. The van der Waals surface area contributed by atoms with Gasteiger partial charge < -0.3 is 14.8 Å². The summed E-state index contributed by atoms with van der Waals surface area (Å²) in [6.45, 7) is 1.08. The second-order valence-electron chi connectivity index (χ2n) is 7.53. The minimum absolute atomic E-state index is 0.0138. The summed E-state index contributed by atoms with van der Waals surface area (Å²) < 4.78 is 77.0. The highest BCUT2D eigenvalue weighted by Crippen LogP contribution is 3.02. The van der Waals surface area contributed by atoms with Crippen molar-refractivity contribution in [1.29, 1.82) is 5.26 Å². The zero-order chi connectivity index (χ0) is 26.5. The first-order chi connectivity index (χ1) is 16.0. The molecule has 1 heterocycles. The van der Waals surface area contributed by atoms with Gasteiger partial charge >= 0.3 is 22.2 Å². The molecule has 0 saturated heterocycles. The molecular weight excluding hydrogens is 546 g/mol. The van der Waals surface area contributed by atoms with E-state index in [9.17, 15) is 34.3 Å². The van der Waals surface area contributed by atoms with Crippen molar-refractivity contribution in [2.75, 3.05) is 25.6 Å². The Balaban J connectivity index is 2.28. The number of esters is 2. The van der Waals surface area contributed by atoms with Crippen molar-refractivity contribution in [3.05, 3.63) is 33.4 Å². The first kappa shape index (κ1) is 26.8. The van der Waals surface area contributed by atoms with E-state index in [0.717, 1.165) is 11.8 Å². The van der Waals surface area contributed by atoms with Gasteiger partial charge in [0.2, 0.25) is 0 Å². The van der Waals surface area contributed by atoms with Crippen LogP contribution >= 0.6 is 33.4 Å². The van der Waals surface area contributed by atoms with E-state index in [0.29, 0.717) is 0 Å². The summed E-state index contributed by atoms with van der Waals surface area (Å²) in [5.74, 6) is -1.66. The zero-order valence-corrected chi connectivity index (χ0v) is 20.3. The van der Waals surface area contributed by atoms with Crippen molar-refractivity contribution in [3.8, 4) is 11.8 Å². The highest BCUT2D eigenvalue weighted by Gasteiger charge is 2.65. The summed E-state index contributed by atoms with van der Waals surface area (Å²) in [5.41, 5.74) is -2.19. The largest absolute Gasteiger partial charge is 0.468 e. The normalized spacial score (nSPS) is 16.5. The predicted molar refractivity (Wildman–Crippen MR) is 118 cm³/mol. The second-order valence-corrected chi connectivity index (χ2v) is 10.8. The summed E-state index contributed by atoms with van der Waals surface area (Å²) in [6, 6.07) is 1.75. The van der Waals surface area contributed by atoms with Gasteiger partial charge in [0.1, 0.15) is 29.0 Å². The fourth-order valence-corrected chi connectivity index (χ4v) is 4.94. The van der Waals surface area contributed by atoms with Crippen molar-refractivity contribution in [2.45, 2.75) is 30.1 Å². The molecule has 16 heteroatoms. The van der Waals surface area contributed by atoms with E-state index in [1.54, 1.807) is 13.0 Å². The third-order valence-corrected chi connectivity index (χ3v) is 6.85. The molecule has 0 spiro atoms. The molecule has 1 aromatic heterocycles. The Morgan fingerprint density at radius 2 is 1.80 bits per heavy atom. The number of carbonyl (C=O) groups excluding carboxylic acids is 2. The summed E-state index contributed by atoms with van der Waals surface area (Å²) in [7, 11) is -9.01. The number of rotatable bonds is 8. The average molecular weight is 563 g/mol. The van der Waals surface area contributed by atoms with Crippen LogP contribution in [0.15, 0.2) is 17.0 Å². The number of methoxy groups -OCH3 is 1. The molecule has 2 aromatic rings. The molecule has 192 valence electrons. The highest BCUT2D eigenvalue weighted by molar-refractivity contribution is 8.45. The number of aromatic nitrogens is 2. The number of carbonyl (C=O) groups is 2. The Labute approximate surface area is 205 Å². The summed E-state index contributed by atoms with van der Waals surface area (Å²) in [4.78, 5) is 22.1. The average Bonchev–Trinajstić information content (AvgIpc) is 3.45. The molecule has 1 N–H and O–H groups in total. The molecule has 1 saturated carbocycles. The van der Waals surface area contributed by atoms with Crippen LogP contribution in [0.25, 0.3) is 5.69 Å². The van der Waals surface area contributed by atoms with Crippen LogP contribution in [0, 0.1) is 11.3 Å². The number of hydrogen-bond acceptors (Lipinski definition) is 7. The fraction of sp³-hybridized carbons (Fsp3) is 0.368. The second kappa shape index (κ2) is 8.14. The van der Waals surface area contributed by atoms with Gasteiger partial charge in [-0.05, 0) is 31.9 Å². The molecule has 1 aliphatic carbocycles. The predicted octanol–water partition coefficient (Wildman–Crippen LogP) is 5.89. The lowest BCUT2D eigenvalue weighted by Crippen LogP contribution is -2.25. The molecular formula is C19H17Cl2F5N4O4S. The molecule has 0 amide bonds. The molecule has 1 aliphatic rings. The van der Waals surface area contributed by atoms with E-state index in [2.05, 4.69) is 10.4 Å². The number of ether oxygens (including phenoxy) is 2. The molecule has 8 nitrogen and oxygen atoms in total. The molecule has 0 radical (unpaired) electrons. The van der Waals surface area contributed by atoms with Gasteiger partial charge in [-0.3, -0.25) is 9.59 Å². The van der Waals surface area contributed by atoms with Crippen LogP contribution in [0.3, 0.4) is 0 Å². The maximum absolute atomic E-state index is 13.3. The van der Waals surface area contributed by atoms with E-state index in [1.807, 2.05) is 0 Å². The van der Waals surface area contributed by atoms with Crippen LogP contribution in [0.2, 0.25) is 10.0 Å². The molecule has 3 rings (SSSR count). The molecule has 0 unspecified atom stereocenters. The number of anilines is 1. The molecule has 0 aliphatic heterocycles. The number of benzene rings is 1. The third kappa shape index (κ3) is 5.12. The molecule has 1 fully saturated rings. The Bertz CT molecular complexity index is 1250.